The molecule has 0 saturated carbocycles. The Morgan fingerprint density at radius 2 is 1.76 bits per heavy atom. The number of carbonyl (C=O) groups excluding carboxylic acids is 1. The van der Waals surface area contributed by atoms with Crippen molar-refractivity contribution < 1.29 is 22.7 Å². The Kier molecular flexibility index (Phi) is 6.66. The van der Waals surface area contributed by atoms with Gasteiger partial charge in [-0.1, -0.05) is 18.0 Å². The lowest BCUT2D eigenvalue weighted by Crippen LogP contribution is -2.35. The number of rotatable bonds is 6. The molecule has 1 aliphatic rings. The number of halogens is 1. The summed E-state index contributed by atoms with van der Waals surface area (Å²) in [7, 11) is -0.748. The van der Waals surface area contributed by atoms with Crippen LogP contribution in [0.5, 0.6) is 11.5 Å². The van der Waals surface area contributed by atoms with Crippen LogP contribution in [-0.4, -0.2) is 45.9 Å². The average Bonchev–Trinajstić information content (AvgIpc) is 2.74. The molecule has 0 bridgehead atoms. The van der Waals surface area contributed by atoms with E-state index in [1.807, 2.05) is 0 Å². The van der Waals surface area contributed by atoms with Crippen LogP contribution in [0.3, 0.4) is 0 Å². The lowest BCUT2D eigenvalue weighted by Gasteiger charge is -2.26. The molecule has 1 fully saturated rings. The van der Waals surface area contributed by atoms with Crippen molar-refractivity contribution in [2.24, 2.45) is 0 Å². The highest BCUT2D eigenvalue weighted by Gasteiger charge is 2.28. The van der Waals surface area contributed by atoms with Gasteiger partial charge in [-0.25, -0.2) is 8.42 Å². The molecule has 0 atom stereocenters. The number of ether oxygens (including phenoxy) is 2. The van der Waals surface area contributed by atoms with Crippen molar-refractivity contribution in [1.29, 1.82) is 0 Å². The molecule has 0 radical (unpaired) electrons. The molecule has 156 valence electrons. The number of benzene rings is 2. The van der Waals surface area contributed by atoms with E-state index < -0.39 is 15.9 Å². The van der Waals surface area contributed by atoms with Crippen LogP contribution in [0.1, 0.15) is 29.6 Å². The van der Waals surface area contributed by atoms with Crippen LogP contribution in [0, 0.1) is 0 Å². The van der Waals surface area contributed by atoms with Gasteiger partial charge in [-0.2, -0.15) is 4.31 Å². The first kappa shape index (κ1) is 21.4. The molecule has 1 saturated heterocycles. The zero-order valence-corrected chi connectivity index (χ0v) is 17.8. The Balaban J connectivity index is 1.88. The third-order valence-electron chi connectivity index (χ3n) is 4.78. The van der Waals surface area contributed by atoms with E-state index in [1.165, 1.54) is 36.7 Å². The van der Waals surface area contributed by atoms with E-state index in [9.17, 15) is 13.2 Å². The van der Waals surface area contributed by atoms with Gasteiger partial charge in [-0.3, -0.25) is 4.79 Å². The van der Waals surface area contributed by atoms with Gasteiger partial charge in [0.05, 0.1) is 24.9 Å². The minimum atomic E-state index is -3.76. The molecule has 9 heteroatoms. The van der Waals surface area contributed by atoms with Gasteiger partial charge in [0.15, 0.2) is 0 Å². The molecular formula is C20H23ClN2O5S. The fourth-order valence-electron chi connectivity index (χ4n) is 3.18. The van der Waals surface area contributed by atoms with E-state index in [4.69, 9.17) is 21.1 Å². The summed E-state index contributed by atoms with van der Waals surface area (Å²) in [6.45, 7) is 0.913. The van der Waals surface area contributed by atoms with Gasteiger partial charge < -0.3 is 14.8 Å². The SMILES string of the molecule is COc1ccc(NC(=O)c2ccc(Cl)c(S(=O)(=O)N3CCCCC3)c2)c(OC)c1. The topological polar surface area (TPSA) is 84.9 Å². The molecule has 1 amide bonds. The van der Waals surface area contributed by atoms with Gasteiger partial charge in [0, 0.05) is 24.7 Å². The van der Waals surface area contributed by atoms with Gasteiger partial charge in [0.25, 0.3) is 5.91 Å². The molecule has 0 spiro atoms. The number of nitrogens with zero attached hydrogens (tertiary/aromatic N) is 1. The van der Waals surface area contributed by atoms with Gasteiger partial charge >= 0.3 is 0 Å². The first-order valence-corrected chi connectivity index (χ1v) is 11.0. The summed E-state index contributed by atoms with van der Waals surface area (Å²) in [5.41, 5.74) is 0.622. The van der Waals surface area contributed by atoms with Crippen molar-refractivity contribution in [3.63, 3.8) is 0 Å². The van der Waals surface area contributed by atoms with Crippen LogP contribution in [0.25, 0.3) is 0 Å². The number of hydrogen-bond acceptors (Lipinski definition) is 5. The zero-order valence-electron chi connectivity index (χ0n) is 16.3. The second-order valence-electron chi connectivity index (χ2n) is 6.63. The number of methoxy groups -OCH3 is 2. The molecule has 0 aromatic heterocycles. The van der Waals surface area contributed by atoms with Crippen molar-refractivity contribution in [2.75, 3.05) is 32.6 Å². The predicted molar refractivity (Wildman–Crippen MR) is 112 cm³/mol. The van der Waals surface area contributed by atoms with E-state index in [0.29, 0.717) is 30.3 Å². The van der Waals surface area contributed by atoms with Crippen LogP contribution >= 0.6 is 11.6 Å². The Bertz CT molecular complexity index is 1000. The highest BCUT2D eigenvalue weighted by molar-refractivity contribution is 7.89. The van der Waals surface area contributed by atoms with Gasteiger partial charge in [-0.15, -0.1) is 0 Å². The van der Waals surface area contributed by atoms with Gasteiger partial charge in [0.2, 0.25) is 10.0 Å². The monoisotopic (exact) mass is 438 g/mol. The Morgan fingerprint density at radius 3 is 2.41 bits per heavy atom. The molecule has 7 nitrogen and oxygen atoms in total. The maximum atomic E-state index is 13.0. The Morgan fingerprint density at radius 1 is 1.03 bits per heavy atom. The van der Waals surface area contributed by atoms with E-state index >= 15 is 0 Å². The molecule has 0 aliphatic carbocycles. The number of piperidine rings is 1. The molecule has 3 rings (SSSR count). The van der Waals surface area contributed by atoms with Crippen molar-refractivity contribution in [3.05, 3.63) is 47.0 Å². The quantitative estimate of drug-likeness (QED) is 0.741. The third kappa shape index (κ3) is 4.66. The summed E-state index contributed by atoms with van der Waals surface area (Å²) in [5, 5.41) is 2.83. The summed E-state index contributed by atoms with van der Waals surface area (Å²) in [6.07, 6.45) is 2.63. The van der Waals surface area contributed by atoms with E-state index in [-0.39, 0.29) is 15.5 Å². The highest BCUT2D eigenvalue weighted by atomic mass is 35.5. The maximum absolute atomic E-state index is 13.0. The fourth-order valence-corrected chi connectivity index (χ4v) is 5.20. The van der Waals surface area contributed by atoms with Crippen LogP contribution in [0.15, 0.2) is 41.3 Å². The lowest BCUT2D eigenvalue weighted by atomic mass is 10.2. The molecule has 1 heterocycles. The van der Waals surface area contributed by atoms with Crippen molar-refractivity contribution >= 4 is 33.2 Å². The van der Waals surface area contributed by atoms with E-state index in [0.717, 1.165) is 19.3 Å². The fraction of sp³-hybridized carbons (Fsp3) is 0.350. The van der Waals surface area contributed by atoms with Gasteiger partial charge in [0.1, 0.15) is 16.4 Å². The standard InChI is InChI=1S/C20H23ClN2O5S/c1-27-15-7-9-17(18(13-15)28-2)22-20(24)14-6-8-16(21)19(12-14)29(25,26)23-10-4-3-5-11-23/h6-9,12-13H,3-5,10-11H2,1-2H3,(H,22,24). The summed E-state index contributed by atoms with van der Waals surface area (Å²) >= 11 is 6.17. The lowest BCUT2D eigenvalue weighted by molar-refractivity contribution is 0.102. The number of sulfonamides is 1. The number of amides is 1. The molecule has 2 aromatic rings. The van der Waals surface area contributed by atoms with E-state index in [2.05, 4.69) is 5.32 Å². The first-order chi connectivity index (χ1) is 13.9. The van der Waals surface area contributed by atoms with Crippen molar-refractivity contribution in [1.82, 2.24) is 4.31 Å². The minimum absolute atomic E-state index is 0.0598. The van der Waals surface area contributed by atoms with Crippen LogP contribution in [0.4, 0.5) is 5.69 Å². The highest BCUT2D eigenvalue weighted by Crippen LogP contribution is 2.31. The smallest absolute Gasteiger partial charge is 0.255 e. The number of carbonyl (C=O) groups is 1. The predicted octanol–water partition coefficient (Wildman–Crippen LogP) is 3.78. The van der Waals surface area contributed by atoms with Crippen LogP contribution in [-0.2, 0) is 10.0 Å². The van der Waals surface area contributed by atoms with Crippen LogP contribution < -0.4 is 14.8 Å². The number of anilines is 1. The Labute approximate surface area is 175 Å². The van der Waals surface area contributed by atoms with Crippen molar-refractivity contribution in [3.8, 4) is 11.5 Å². The summed E-state index contributed by atoms with van der Waals surface area (Å²) in [4.78, 5) is 12.7. The summed E-state index contributed by atoms with van der Waals surface area (Å²) < 4.78 is 37.8. The largest absolute Gasteiger partial charge is 0.497 e. The molecular weight excluding hydrogens is 416 g/mol. The second-order valence-corrected chi connectivity index (χ2v) is 8.94. The molecule has 1 aliphatic heterocycles. The average molecular weight is 439 g/mol. The first-order valence-electron chi connectivity index (χ1n) is 9.20. The van der Waals surface area contributed by atoms with Gasteiger partial charge in [-0.05, 0) is 43.2 Å². The van der Waals surface area contributed by atoms with Crippen molar-refractivity contribution in [2.45, 2.75) is 24.2 Å². The normalized spacial score (nSPS) is 15.0. The number of hydrogen-bond donors (Lipinski definition) is 1. The zero-order chi connectivity index (χ0) is 21.0. The minimum Gasteiger partial charge on any atom is -0.497 e. The second kappa shape index (κ2) is 9.02. The molecule has 0 unspecified atom stereocenters. The maximum Gasteiger partial charge on any atom is 0.255 e. The molecule has 2 aromatic carbocycles. The molecule has 29 heavy (non-hydrogen) atoms. The Hall–Kier alpha value is -2.29. The molecule has 1 N–H and O–H groups in total. The third-order valence-corrected chi connectivity index (χ3v) is 7.16. The number of nitrogens with one attached hydrogen (secondary N) is 1. The summed E-state index contributed by atoms with van der Waals surface area (Å²) in [6, 6.07) is 9.21. The summed E-state index contributed by atoms with van der Waals surface area (Å²) in [5.74, 6) is 0.536. The van der Waals surface area contributed by atoms with E-state index in [1.54, 1.807) is 18.2 Å². The van der Waals surface area contributed by atoms with Crippen LogP contribution in [0.2, 0.25) is 5.02 Å².